The molecule has 0 saturated carbocycles. The molecule has 2 amide bonds. The smallest absolute Gasteiger partial charge is 0.254 e. The zero-order valence-electron chi connectivity index (χ0n) is 21.1. The van der Waals surface area contributed by atoms with Crippen molar-refractivity contribution in [3.05, 3.63) is 83.4 Å². The van der Waals surface area contributed by atoms with Crippen LogP contribution in [0.3, 0.4) is 0 Å². The quantitative estimate of drug-likeness (QED) is 0.530. The molecule has 8 nitrogen and oxygen atoms in total. The SMILES string of the molecule is COc1cc2c(cc1OC)C(C(=O)N1CCN(c3ccc(F)cc3)CC1)C(c1cccnc1)N(C)C2=O. The number of carbonyl (C=O) groups excluding carboxylic acids is 2. The normalized spacial score (nSPS) is 19.5. The van der Waals surface area contributed by atoms with E-state index in [0.29, 0.717) is 48.8 Å². The molecule has 0 N–H and O–H groups in total. The number of amides is 2. The van der Waals surface area contributed by atoms with Crippen molar-refractivity contribution in [3.63, 3.8) is 0 Å². The van der Waals surface area contributed by atoms with Gasteiger partial charge in [-0.3, -0.25) is 14.6 Å². The number of pyridine rings is 1. The average molecular weight is 505 g/mol. The molecule has 0 radical (unpaired) electrons. The number of benzene rings is 2. The van der Waals surface area contributed by atoms with Crippen molar-refractivity contribution in [2.75, 3.05) is 52.3 Å². The van der Waals surface area contributed by atoms with Crippen molar-refractivity contribution in [2.45, 2.75) is 12.0 Å². The highest BCUT2D eigenvalue weighted by molar-refractivity contribution is 6.02. The number of anilines is 1. The molecule has 9 heteroatoms. The lowest BCUT2D eigenvalue weighted by Gasteiger charge is -2.43. The Morgan fingerprint density at radius 1 is 1.00 bits per heavy atom. The third kappa shape index (κ3) is 4.45. The summed E-state index contributed by atoms with van der Waals surface area (Å²) in [5.74, 6) is -0.306. The van der Waals surface area contributed by atoms with Gasteiger partial charge in [0.2, 0.25) is 5.91 Å². The zero-order chi connectivity index (χ0) is 26.1. The molecule has 5 rings (SSSR count). The highest BCUT2D eigenvalue weighted by Gasteiger charge is 2.45. The summed E-state index contributed by atoms with van der Waals surface area (Å²) in [6.07, 6.45) is 3.37. The summed E-state index contributed by atoms with van der Waals surface area (Å²) >= 11 is 0. The molecule has 37 heavy (non-hydrogen) atoms. The first-order valence-electron chi connectivity index (χ1n) is 12.1. The first kappa shape index (κ1) is 24.5. The van der Waals surface area contributed by atoms with Crippen LogP contribution in [0, 0.1) is 5.82 Å². The average Bonchev–Trinajstić information content (AvgIpc) is 2.94. The standard InChI is InChI=1S/C28H29FN4O4/c1-31-26(18-5-4-10-30-17-18)25(21-15-23(36-2)24(37-3)16-22(21)27(31)34)28(35)33-13-11-32(12-14-33)20-8-6-19(29)7-9-20/h4-10,15-17,25-26H,11-14H2,1-3H3. The summed E-state index contributed by atoms with van der Waals surface area (Å²) in [4.78, 5) is 37.6. The van der Waals surface area contributed by atoms with Crippen LogP contribution < -0.4 is 14.4 Å². The van der Waals surface area contributed by atoms with Gasteiger partial charge >= 0.3 is 0 Å². The maximum atomic E-state index is 14.2. The zero-order valence-corrected chi connectivity index (χ0v) is 21.1. The lowest BCUT2D eigenvalue weighted by atomic mass is 9.79. The van der Waals surface area contributed by atoms with Gasteiger partial charge in [-0.25, -0.2) is 4.39 Å². The van der Waals surface area contributed by atoms with E-state index in [-0.39, 0.29) is 17.6 Å². The molecule has 2 unspecified atom stereocenters. The molecule has 0 aliphatic carbocycles. The molecule has 2 atom stereocenters. The summed E-state index contributed by atoms with van der Waals surface area (Å²) in [6, 6.07) is 13.0. The summed E-state index contributed by atoms with van der Waals surface area (Å²) in [5, 5.41) is 0. The van der Waals surface area contributed by atoms with E-state index >= 15 is 0 Å². The Bertz CT molecular complexity index is 1290. The topological polar surface area (TPSA) is 75.2 Å². The second kappa shape index (κ2) is 10.1. The van der Waals surface area contributed by atoms with Crippen LogP contribution in [-0.2, 0) is 4.79 Å². The number of aromatic nitrogens is 1. The molecule has 2 aromatic carbocycles. The number of carbonyl (C=O) groups is 2. The number of ether oxygens (including phenoxy) is 2. The van der Waals surface area contributed by atoms with Gasteiger partial charge in [0.05, 0.1) is 26.2 Å². The monoisotopic (exact) mass is 504 g/mol. The molecule has 192 valence electrons. The van der Waals surface area contributed by atoms with Gasteiger partial charge in [0.25, 0.3) is 5.91 Å². The number of piperazine rings is 1. The molecule has 0 bridgehead atoms. The molecule has 3 heterocycles. The largest absolute Gasteiger partial charge is 0.493 e. The number of likely N-dealkylation sites (N-methyl/N-ethyl adjacent to an activating group) is 1. The van der Waals surface area contributed by atoms with Crippen molar-refractivity contribution >= 4 is 17.5 Å². The maximum absolute atomic E-state index is 14.2. The Hall–Kier alpha value is -4.14. The number of methoxy groups -OCH3 is 2. The van der Waals surface area contributed by atoms with Crippen LogP contribution in [-0.4, -0.2) is 74.0 Å². The predicted octanol–water partition coefficient (Wildman–Crippen LogP) is 3.50. The van der Waals surface area contributed by atoms with Crippen LogP contribution in [0.1, 0.15) is 33.4 Å². The van der Waals surface area contributed by atoms with Crippen LogP contribution in [0.15, 0.2) is 60.9 Å². The number of halogens is 1. The molecule has 1 fully saturated rings. The van der Waals surface area contributed by atoms with E-state index in [4.69, 9.17) is 9.47 Å². The maximum Gasteiger partial charge on any atom is 0.254 e. The van der Waals surface area contributed by atoms with Gasteiger partial charge in [0.1, 0.15) is 5.82 Å². The number of nitrogens with zero attached hydrogens (tertiary/aromatic N) is 4. The van der Waals surface area contributed by atoms with Crippen LogP contribution in [0.2, 0.25) is 0 Å². The number of fused-ring (bicyclic) bond motifs is 1. The molecular weight excluding hydrogens is 475 g/mol. The van der Waals surface area contributed by atoms with Gasteiger partial charge in [-0.15, -0.1) is 0 Å². The Morgan fingerprint density at radius 2 is 1.68 bits per heavy atom. The van der Waals surface area contributed by atoms with Crippen LogP contribution in [0.5, 0.6) is 11.5 Å². The van der Waals surface area contributed by atoms with Crippen LogP contribution in [0.4, 0.5) is 10.1 Å². The van der Waals surface area contributed by atoms with Crippen molar-refractivity contribution in [2.24, 2.45) is 0 Å². The van der Waals surface area contributed by atoms with Crippen molar-refractivity contribution < 1.29 is 23.5 Å². The van der Waals surface area contributed by atoms with Gasteiger partial charge in [-0.05, 0) is 53.6 Å². The number of rotatable bonds is 5. The van der Waals surface area contributed by atoms with E-state index in [2.05, 4.69) is 9.88 Å². The highest BCUT2D eigenvalue weighted by atomic mass is 19.1. The van der Waals surface area contributed by atoms with E-state index in [1.807, 2.05) is 11.0 Å². The van der Waals surface area contributed by atoms with E-state index in [1.165, 1.54) is 26.4 Å². The minimum atomic E-state index is -0.654. The highest BCUT2D eigenvalue weighted by Crippen LogP contribution is 2.46. The molecule has 3 aromatic rings. The van der Waals surface area contributed by atoms with E-state index in [0.717, 1.165) is 11.3 Å². The molecule has 2 aliphatic rings. The Kier molecular flexibility index (Phi) is 6.69. The van der Waals surface area contributed by atoms with Gasteiger partial charge < -0.3 is 24.2 Å². The summed E-state index contributed by atoms with van der Waals surface area (Å²) < 4.78 is 24.3. The molecule has 1 aromatic heterocycles. The van der Waals surface area contributed by atoms with E-state index < -0.39 is 12.0 Å². The van der Waals surface area contributed by atoms with Crippen molar-refractivity contribution in [1.29, 1.82) is 0 Å². The minimum Gasteiger partial charge on any atom is -0.493 e. The Morgan fingerprint density at radius 3 is 2.30 bits per heavy atom. The van der Waals surface area contributed by atoms with Crippen molar-refractivity contribution in [1.82, 2.24) is 14.8 Å². The third-order valence-electron chi connectivity index (χ3n) is 7.25. The molecule has 2 aliphatic heterocycles. The Labute approximate surface area is 215 Å². The Balaban J connectivity index is 1.51. The summed E-state index contributed by atoms with van der Waals surface area (Å²) in [5.41, 5.74) is 2.73. The first-order chi connectivity index (χ1) is 17.9. The lowest BCUT2D eigenvalue weighted by molar-refractivity contribution is -0.134. The second-order valence-electron chi connectivity index (χ2n) is 9.21. The lowest BCUT2D eigenvalue weighted by Crippen LogP contribution is -2.53. The molecular formula is C28H29FN4O4. The van der Waals surface area contributed by atoms with Crippen LogP contribution in [0.25, 0.3) is 0 Å². The fourth-order valence-electron chi connectivity index (χ4n) is 5.32. The number of hydrogen-bond donors (Lipinski definition) is 0. The summed E-state index contributed by atoms with van der Waals surface area (Å²) in [6.45, 7) is 2.25. The fourth-order valence-corrected chi connectivity index (χ4v) is 5.32. The minimum absolute atomic E-state index is 0.0690. The van der Waals surface area contributed by atoms with Gasteiger partial charge in [-0.1, -0.05) is 6.07 Å². The number of hydrogen-bond acceptors (Lipinski definition) is 6. The third-order valence-corrected chi connectivity index (χ3v) is 7.25. The molecule has 1 saturated heterocycles. The second-order valence-corrected chi connectivity index (χ2v) is 9.21. The van der Waals surface area contributed by atoms with Gasteiger partial charge in [0, 0.05) is 56.9 Å². The van der Waals surface area contributed by atoms with Gasteiger partial charge in [0.15, 0.2) is 11.5 Å². The van der Waals surface area contributed by atoms with Gasteiger partial charge in [-0.2, -0.15) is 0 Å². The fraction of sp³-hybridized carbons (Fsp3) is 0.321. The summed E-state index contributed by atoms with van der Waals surface area (Å²) in [7, 11) is 4.76. The van der Waals surface area contributed by atoms with Crippen LogP contribution >= 0.6 is 0 Å². The first-order valence-corrected chi connectivity index (χ1v) is 12.1. The predicted molar refractivity (Wildman–Crippen MR) is 137 cm³/mol. The van der Waals surface area contributed by atoms with E-state index in [9.17, 15) is 14.0 Å². The van der Waals surface area contributed by atoms with E-state index in [1.54, 1.807) is 54.7 Å². The van der Waals surface area contributed by atoms with Crippen molar-refractivity contribution in [3.8, 4) is 11.5 Å². The molecule has 0 spiro atoms.